The molecule has 4 heteroatoms. The highest BCUT2D eigenvalue weighted by molar-refractivity contribution is 9.10. The van der Waals surface area contributed by atoms with E-state index >= 15 is 0 Å². The normalized spacial score (nSPS) is 21.4. The largest absolute Gasteiger partial charge is 0.379 e. The highest BCUT2D eigenvalue weighted by atomic mass is 79.9. The van der Waals surface area contributed by atoms with Crippen molar-refractivity contribution in [1.82, 2.24) is 4.98 Å². The Morgan fingerprint density at radius 3 is 3.21 bits per heavy atom. The number of ether oxygens (including phenoxy) is 2. The van der Waals surface area contributed by atoms with Crippen molar-refractivity contribution in [2.45, 2.75) is 19.1 Å². The first-order chi connectivity index (χ1) is 6.84. The number of nitrogens with zero attached hydrogens (tertiary/aromatic N) is 1. The molecule has 3 nitrogen and oxygen atoms in total. The molecule has 0 saturated carbocycles. The van der Waals surface area contributed by atoms with Crippen molar-refractivity contribution in [3.05, 3.63) is 28.5 Å². The molecule has 0 radical (unpaired) electrons. The zero-order valence-electron chi connectivity index (χ0n) is 7.78. The summed E-state index contributed by atoms with van der Waals surface area (Å²) in [5.41, 5.74) is 0.950. The fraction of sp³-hybridized carbons (Fsp3) is 0.500. The first-order valence-corrected chi connectivity index (χ1v) is 5.44. The van der Waals surface area contributed by atoms with E-state index in [4.69, 9.17) is 9.47 Å². The summed E-state index contributed by atoms with van der Waals surface area (Å²) in [4.78, 5) is 4.28. The van der Waals surface area contributed by atoms with Crippen molar-refractivity contribution in [3.8, 4) is 0 Å². The molecule has 0 amide bonds. The van der Waals surface area contributed by atoms with Crippen LogP contribution in [0, 0.1) is 0 Å². The summed E-state index contributed by atoms with van der Waals surface area (Å²) < 4.78 is 11.7. The van der Waals surface area contributed by atoms with Crippen molar-refractivity contribution in [1.29, 1.82) is 0 Å². The van der Waals surface area contributed by atoms with Gasteiger partial charge in [-0.15, -0.1) is 0 Å². The molecular formula is C10H12BrNO2. The summed E-state index contributed by atoms with van der Waals surface area (Å²) in [6.45, 7) is 2.10. The number of hydrogen-bond acceptors (Lipinski definition) is 3. The molecule has 1 aliphatic heterocycles. The first kappa shape index (κ1) is 10.1. The second-order valence-electron chi connectivity index (χ2n) is 3.25. The predicted octanol–water partition coefficient (Wildman–Crippen LogP) is 2.15. The van der Waals surface area contributed by atoms with Crippen LogP contribution in [0.15, 0.2) is 22.8 Å². The second kappa shape index (κ2) is 4.87. The van der Waals surface area contributed by atoms with E-state index < -0.39 is 0 Å². The van der Waals surface area contributed by atoms with Crippen LogP contribution in [0.1, 0.15) is 12.1 Å². The molecule has 76 valence electrons. The number of rotatable bonds is 3. The minimum Gasteiger partial charge on any atom is -0.379 e. The van der Waals surface area contributed by atoms with E-state index in [2.05, 4.69) is 20.9 Å². The molecular weight excluding hydrogens is 246 g/mol. The topological polar surface area (TPSA) is 31.4 Å². The first-order valence-electron chi connectivity index (χ1n) is 4.65. The molecule has 2 rings (SSSR count). The monoisotopic (exact) mass is 257 g/mol. The van der Waals surface area contributed by atoms with Gasteiger partial charge in [0.15, 0.2) is 0 Å². The van der Waals surface area contributed by atoms with Crippen LogP contribution < -0.4 is 0 Å². The molecule has 14 heavy (non-hydrogen) atoms. The predicted molar refractivity (Wildman–Crippen MR) is 56.0 cm³/mol. The molecule has 0 spiro atoms. The molecule has 1 aromatic heterocycles. The lowest BCUT2D eigenvalue weighted by atomic mass is 10.3. The van der Waals surface area contributed by atoms with E-state index in [1.54, 1.807) is 0 Å². The Kier molecular flexibility index (Phi) is 3.50. The molecule has 1 saturated heterocycles. The Bertz CT molecular complexity index is 300. The van der Waals surface area contributed by atoms with Crippen molar-refractivity contribution in [2.75, 3.05) is 13.2 Å². The van der Waals surface area contributed by atoms with Crippen molar-refractivity contribution < 1.29 is 9.47 Å². The summed E-state index contributed by atoms with van der Waals surface area (Å²) in [5.74, 6) is 0. The average molecular weight is 258 g/mol. The van der Waals surface area contributed by atoms with E-state index in [0.29, 0.717) is 13.2 Å². The van der Waals surface area contributed by atoms with Gasteiger partial charge >= 0.3 is 0 Å². The lowest BCUT2D eigenvalue weighted by molar-refractivity contribution is 0.0301. The van der Waals surface area contributed by atoms with E-state index in [1.807, 2.05) is 18.2 Å². The van der Waals surface area contributed by atoms with Gasteiger partial charge in [0, 0.05) is 6.61 Å². The fourth-order valence-corrected chi connectivity index (χ4v) is 1.76. The lowest BCUT2D eigenvalue weighted by Crippen LogP contribution is -2.12. The van der Waals surface area contributed by atoms with Crippen LogP contribution in [0.25, 0.3) is 0 Å². The number of aromatic nitrogens is 1. The summed E-state index contributed by atoms with van der Waals surface area (Å²) in [6.07, 6.45) is 1.24. The van der Waals surface area contributed by atoms with Gasteiger partial charge in [-0.05, 0) is 34.5 Å². The molecule has 1 aliphatic rings. The zero-order valence-corrected chi connectivity index (χ0v) is 9.37. The van der Waals surface area contributed by atoms with Gasteiger partial charge < -0.3 is 9.47 Å². The van der Waals surface area contributed by atoms with Crippen molar-refractivity contribution in [3.63, 3.8) is 0 Å². The van der Waals surface area contributed by atoms with Crippen molar-refractivity contribution in [2.24, 2.45) is 0 Å². The van der Waals surface area contributed by atoms with Gasteiger partial charge in [0.25, 0.3) is 0 Å². The Balaban J connectivity index is 1.85. The third kappa shape index (κ3) is 2.77. The summed E-state index contributed by atoms with van der Waals surface area (Å²) >= 11 is 3.32. The maximum atomic E-state index is 5.64. The SMILES string of the molecule is Brc1cccc(CO[C@H]2CCOC2)n1. The number of pyridine rings is 1. The van der Waals surface area contributed by atoms with Gasteiger partial charge in [-0.1, -0.05) is 6.07 Å². The number of hydrogen-bond donors (Lipinski definition) is 0. The quantitative estimate of drug-likeness (QED) is 0.778. The van der Waals surface area contributed by atoms with E-state index in [0.717, 1.165) is 23.3 Å². The van der Waals surface area contributed by atoms with Gasteiger partial charge in [-0.25, -0.2) is 4.98 Å². The van der Waals surface area contributed by atoms with E-state index in [9.17, 15) is 0 Å². The van der Waals surface area contributed by atoms with E-state index in [1.165, 1.54) is 0 Å². The minimum atomic E-state index is 0.246. The molecule has 1 atom stereocenters. The molecule has 0 bridgehead atoms. The molecule has 2 heterocycles. The van der Waals surface area contributed by atoms with Gasteiger partial charge in [0.2, 0.25) is 0 Å². The van der Waals surface area contributed by atoms with Crippen LogP contribution in [0.3, 0.4) is 0 Å². The van der Waals surface area contributed by atoms with Gasteiger partial charge in [0.05, 0.1) is 25.0 Å². The average Bonchev–Trinajstić information content (AvgIpc) is 2.67. The van der Waals surface area contributed by atoms with Crippen LogP contribution in [-0.4, -0.2) is 24.3 Å². The maximum Gasteiger partial charge on any atom is 0.106 e. The third-order valence-corrected chi connectivity index (χ3v) is 2.57. The van der Waals surface area contributed by atoms with Gasteiger partial charge in [0.1, 0.15) is 4.60 Å². The summed E-state index contributed by atoms with van der Waals surface area (Å²) in [5, 5.41) is 0. The standard InChI is InChI=1S/C10H12BrNO2/c11-10-3-1-2-8(12-10)6-14-9-4-5-13-7-9/h1-3,9H,4-7H2/t9-/m0/s1. The summed E-state index contributed by atoms with van der Waals surface area (Å²) in [7, 11) is 0. The Hall–Kier alpha value is -0.450. The van der Waals surface area contributed by atoms with Crippen LogP contribution in [0.2, 0.25) is 0 Å². The van der Waals surface area contributed by atoms with Gasteiger partial charge in [-0.2, -0.15) is 0 Å². The molecule has 1 aromatic rings. The highest BCUT2D eigenvalue weighted by Crippen LogP contribution is 2.12. The number of halogens is 1. The van der Waals surface area contributed by atoms with Crippen LogP contribution in [0.4, 0.5) is 0 Å². The van der Waals surface area contributed by atoms with Crippen LogP contribution in [-0.2, 0) is 16.1 Å². The van der Waals surface area contributed by atoms with E-state index in [-0.39, 0.29) is 6.10 Å². The van der Waals surface area contributed by atoms with Crippen LogP contribution >= 0.6 is 15.9 Å². The lowest BCUT2D eigenvalue weighted by Gasteiger charge is -2.08. The molecule has 1 fully saturated rings. The highest BCUT2D eigenvalue weighted by Gasteiger charge is 2.15. The van der Waals surface area contributed by atoms with Gasteiger partial charge in [-0.3, -0.25) is 0 Å². The maximum absolute atomic E-state index is 5.64. The third-order valence-electron chi connectivity index (χ3n) is 2.13. The summed E-state index contributed by atoms with van der Waals surface area (Å²) in [6, 6.07) is 5.82. The molecule has 0 aliphatic carbocycles. The zero-order chi connectivity index (χ0) is 9.80. The second-order valence-corrected chi connectivity index (χ2v) is 4.06. The molecule has 0 N–H and O–H groups in total. The molecule has 0 aromatic carbocycles. The Morgan fingerprint density at radius 2 is 2.50 bits per heavy atom. The Labute approximate surface area is 91.6 Å². The molecule has 0 unspecified atom stereocenters. The van der Waals surface area contributed by atoms with Crippen LogP contribution in [0.5, 0.6) is 0 Å². The van der Waals surface area contributed by atoms with Crippen molar-refractivity contribution >= 4 is 15.9 Å². The fourth-order valence-electron chi connectivity index (χ4n) is 1.38. The minimum absolute atomic E-state index is 0.246. The Morgan fingerprint density at radius 1 is 1.57 bits per heavy atom. The smallest absolute Gasteiger partial charge is 0.106 e.